The van der Waals surface area contributed by atoms with Crippen LogP contribution in [0.15, 0.2) is 15.7 Å². The van der Waals surface area contributed by atoms with E-state index in [2.05, 4.69) is 10.3 Å². The molecule has 0 aromatic heterocycles. The molecule has 4 nitrogen and oxygen atoms in total. The Morgan fingerprint density at radius 1 is 1.50 bits per heavy atom. The van der Waals surface area contributed by atoms with E-state index in [0.717, 1.165) is 0 Å². The molecule has 5 heteroatoms. The van der Waals surface area contributed by atoms with Crippen molar-refractivity contribution in [2.75, 3.05) is 5.75 Å². The van der Waals surface area contributed by atoms with Crippen molar-refractivity contribution in [1.29, 1.82) is 0 Å². The first-order valence-corrected chi connectivity index (χ1v) is 4.48. The molecule has 2 aliphatic heterocycles. The number of allylic oxidation sites excluding steroid dienone is 1. The Morgan fingerprint density at radius 2 is 2.33 bits per heavy atom. The number of nitrogens with one attached hydrogen (secondary N) is 1. The maximum Gasteiger partial charge on any atom is 0.234 e. The molecule has 0 saturated heterocycles. The lowest BCUT2D eigenvalue weighted by molar-refractivity contribution is -0.121. The molecule has 2 rings (SSSR count). The lowest BCUT2D eigenvalue weighted by Gasteiger charge is -2.18. The maximum atomic E-state index is 11.2. The van der Waals surface area contributed by atoms with Crippen molar-refractivity contribution in [2.45, 2.75) is 6.42 Å². The number of carbonyl (C=O) groups excluding carboxylic acids is 2. The minimum atomic E-state index is -0.121. The van der Waals surface area contributed by atoms with Gasteiger partial charge in [-0.15, -0.1) is 0 Å². The van der Waals surface area contributed by atoms with Crippen LogP contribution in [0, 0.1) is 0 Å². The number of hydrogen-bond acceptors (Lipinski definition) is 4. The van der Waals surface area contributed by atoms with E-state index in [4.69, 9.17) is 0 Å². The zero-order chi connectivity index (χ0) is 8.55. The van der Waals surface area contributed by atoms with E-state index in [-0.39, 0.29) is 11.7 Å². The average Bonchev–Trinajstić information content (AvgIpc) is 2.07. The van der Waals surface area contributed by atoms with Gasteiger partial charge in [0.25, 0.3) is 0 Å². The molecule has 2 heterocycles. The molecule has 0 bridgehead atoms. The third-order valence-electron chi connectivity index (χ3n) is 1.58. The normalized spacial score (nSPS) is 22.3. The third kappa shape index (κ3) is 1.16. The number of rotatable bonds is 0. The lowest BCUT2D eigenvalue weighted by Crippen LogP contribution is -2.34. The second kappa shape index (κ2) is 2.75. The van der Waals surface area contributed by atoms with Crippen molar-refractivity contribution >= 4 is 29.7 Å². The van der Waals surface area contributed by atoms with Crippen molar-refractivity contribution in [3.05, 3.63) is 10.7 Å². The number of amides is 1. The fraction of sp³-hybridized carbons (Fsp3) is 0.286. The van der Waals surface area contributed by atoms with E-state index < -0.39 is 0 Å². The summed E-state index contributed by atoms with van der Waals surface area (Å²) >= 11 is 1.31. The van der Waals surface area contributed by atoms with E-state index in [9.17, 15) is 9.59 Å². The quantitative estimate of drug-likeness (QED) is 0.576. The first-order valence-electron chi connectivity index (χ1n) is 3.50. The summed E-state index contributed by atoms with van der Waals surface area (Å²) in [6.45, 7) is 0. The number of carbonyl (C=O) groups is 2. The van der Waals surface area contributed by atoms with Crippen LogP contribution >= 0.6 is 11.8 Å². The summed E-state index contributed by atoms with van der Waals surface area (Å²) in [4.78, 5) is 26.1. The molecule has 1 amide bonds. The first-order chi connectivity index (χ1) is 5.77. The monoisotopic (exact) mass is 182 g/mol. The summed E-state index contributed by atoms with van der Waals surface area (Å²) in [5, 5.41) is 3.17. The van der Waals surface area contributed by atoms with Crippen LogP contribution in [0.5, 0.6) is 0 Å². The summed E-state index contributed by atoms with van der Waals surface area (Å²) in [6, 6.07) is 0. The molecule has 0 radical (unpaired) electrons. The van der Waals surface area contributed by atoms with Crippen molar-refractivity contribution < 1.29 is 9.59 Å². The zero-order valence-electron chi connectivity index (χ0n) is 6.16. The average molecular weight is 182 g/mol. The molecule has 0 aliphatic carbocycles. The SMILES string of the molecule is O=C1CSC2=C(N1)C(=O)CC=N2. The Hall–Kier alpha value is -1.10. The number of aliphatic imine (C=N–C) groups is 1. The van der Waals surface area contributed by atoms with Crippen LogP contribution in [-0.2, 0) is 9.59 Å². The number of thioether (sulfide) groups is 1. The maximum absolute atomic E-state index is 11.2. The molecule has 0 aromatic carbocycles. The summed E-state index contributed by atoms with van der Waals surface area (Å²) in [5.74, 6) is 0.174. The lowest BCUT2D eigenvalue weighted by atomic mass is 10.2. The summed E-state index contributed by atoms with van der Waals surface area (Å²) in [7, 11) is 0. The molecule has 62 valence electrons. The fourth-order valence-electron chi connectivity index (χ4n) is 1.04. The van der Waals surface area contributed by atoms with Gasteiger partial charge in [-0.05, 0) is 0 Å². The van der Waals surface area contributed by atoms with Gasteiger partial charge in [-0.2, -0.15) is 0 Å². The molecular weight excluding hydrogens is 176 g/mol. The Morgan fingerprint density at radius 3 is 3.17 bits per heavy atom. The highest BCUT2D eigenvalue weighted by Crippen LogP contribution is 2.26. The van der Waals surface area contributed by atoms with Crippen molar-refractivity contribution in [3.63, 3.8) is 0 Å². The number of ketones is 1. The fourth-order valence-corrected chi connectivity index (χ4v) is 1.84. The topological polar surface area (TPSA) is 58.5 Å². The van der Waals surface area contributed by atoms with Crippen molar-refractivity contribution in [1.82, 2.24) is 5.32 Å². The summed E-state index contributed by atoms with van der Waals surface area (Å²) in [6.07, 6.45) is 1.87. The molecule has 0 saturated carbocycles. The van der Waals surface area contributed by atoms with E-state index in [0.29, 0.717) is 22.9 Å². The molecule has 0 aromatic rings. The van der Waals surface area contributed by atoms with Crippen LogP contribution in [0.4, 0.5) is 0 Å². The Balaban J connectivity index is 2.37. The largest absolute Gasteiger partial charge is 0.320 e. The number of hydrogen-bond donors (Lipinski definition) is 1. The second-order valence-corrected chi connectivity index (χ2v) is 3.42. The van der Waals surface area contributed by atoms with Crippen LogP contribution < -0.4 is 5.32 Å². The smallest absolute Gasteiger partial charge is 0.234 e. The van der Waals surface area contributed by atoms with Crippen LogP contribution in [0.25, 0.3) is 0 Å². The van der Waals surface area contributed by atoms with Gasteiger partial charge >= 0.3 is 0 Å². The van der Waals surface area contributed by atoms with Gasteiger partial charge in [-0.3, -0.25) is 14.6 Å². The van der Waals surface area contributed by atoms with Crippen LogP contribution in [0.3, 0.4) is 0 Å². The van der Waals surface area contributed by atoms with Crippen molar-refractivity contribution in [2.24, 2.45) is 4.99 Å². The standard InChI is InChI=1S/C7H6N2O2S/c10-4-1-2-8-7-6(4)9-5(11)3-12-7/h2H,1,3H2,(H,9,11). The van der Waals surface area contributed by atoms with Gasteiger partial charge in [0.1, 0.15) is 10.7 Å². The molecule has 0 atom stereocenters. The van der Waals surface area contributed by atoms with Crippen molar-refractivity contribution in [3.8, 4) is 0 Å². The second-order valence-electron chi connectivity index (χ2n) is 2.46. The molecule has 0 fully saturated rings. The zero-order valence-corrected chi connectivity index (χ0v) is 6.98. The highest BCUT2D eigenvalue weighted by molar-refractivity contribution is 8.03. The Labute approximate surface area is 73.1 Å². The van der Waals surface area contributed by atoms with Gasteiger partial charge in [0.05, 0.1) is 5.75 Å². The first kappa shape index (κ1) is 7.54. The van der Waals surface area contributed by atoms with E-state index in [1.165, 1.54) is 11.8 Å². The predicted octanol–water partition coefficient (Wildman–Crippen LogP) is 0.0621. The van der Waals surface area contributed by atoms with Gasteiger partial charge in [0, 0.05) is 12.6 Å². The summed E-state index contributed by atoms with van der Waals surface area (Å²) in [5.41, 5.74) is 0.374. The third-order valence-corrected chi connectivity index (χ3v) is 2.57. The molecule has 1 N–H and O–H groups in total. The van der Waals surface area contributed by atoms with Crippen LogP contribution in [0.2, 0.25) is 0 Å². The number of nitrogens with zero attached hydrogens (tertiary/aromatic N) is 1. The molecule has 0 spiro atoms. The molecule has 12 heavy (non-hydrogen) atoms. The van der Waals surface area contributed by atoms with Gasteiger partial charge in [0.2, 0.25) is 5.91 Å². The molecule has 0 unspecified atom stereocenters. The van der Waals surface area contributed by atoms with E-state index in [1.54, 1.807) is 6.21 Å². The van der Waals surface area contributed by atoms with Gasteiger partial charge in [-0.25, -0.2) is 0 Å². The predicted molar refractivity (Wildman–Crippen MR) is 45.7 cm³/mol. The number of Topliss-reactive ketones (excluding diaryl/α,β-unsaturated/α-hetero) is 1. The Bertz CT molecular complexity index is 319. The van der Waals surface area contributed by atoms with E-state index >= 15 is 0 Å². The van der Waals surface area contributed by atoms with Crippen LogP contribution in [0.1, 0.15) is 6.42 Å². The minimum absolute atomic E-state index is 0.0550. The van der Waals surface area contributed by atoms with Gasteiger partial charge < -0.3 is 5.32 Å². The highest BCUT2D eigenvalue weighted by Gasteiger charge is 2.24. The van der Waals surface area contributed by atoms with Gasteiger partial charge in [0.15, 0.2) is 5.78 Å². The molecule has 2 aliphatic rings. The highest BCUT2D eigenvalue weighted by atomic mass is 32.2. The van der Waals surface area contributed by atoms with Gasteiger partial charge in [-0.1, -0.05) is 11.8 Å². The van der Waals surface area contributed by atoms with E-state index in [1.807, 2.05) is 0 Å². The Kier molecular flexibility index (Phi) is 1.73. The minimum Gasteiger partial charge on any atom is -0.320 e. The summed E-state index contributed by atoms with van der Waals surface area (Å²) < 4.78 is 0. The van der Waals surface area contributed by atoms with Crippen LogP contribution in [-0.4, -0.2) is 23.7 Å². The molecular formula is C7H6N2O2S.